The van der Waals surface area contributed by atoms with Gasteiger partial charge in [0.05, 0.1) is 6.61 Å². The Bertz CT molecular complexity index is 342. The van der Waals surface area contributed by atoms with Gasteiger partial charge in [-0.15, -0.1) is 5.10 Å². The van der Waals surface area contributed by atoms with Gasteiger partial charge in [0.15, 0.2) is 0 Å². The minimum atomic E-state index is 0.436. The molecule has 0 fully saturated rings. The summed E-state index contributed by atoms with van der Waals surface area (Å²) in [5.74, 6) is 0.876. The minimum Gasteiger partial charge on any atom is -0.477 e. The van der Waals surface area contributed by atoms with Crippen LogP contribution in [0.4, 0.5) is 0 Å². The highest BCUT2D eigenvalue weighted by molar-refractivity contribution is 5.33. The zero-order valence-corrected chi connectivity index (χ0v) is 9.92. The third-order valence-electron chi connectivity index (χ3n) is 2.94. The van der Waals surface area contributed by atoms with Crippen molar-refractivity contribution in [3.63, 3.8) is 0 Å². The third-order valence-corrected chi connectivity index (χ3v) is 2.94. The summed E-state index contributed by atoms with van der Waals surface area (Å²) in [6.45, 7) is 7.08. The maximum atomic E-state index is 5.60. The predicted octanol–water partition coefficient (Wildman–Crippen LogP) is 2.74. The maximum Gasteiger partial charge on any atom is 0.236 e. The fourth-order valence-electron chi connectivity index (χ4n) is 2.27. The van der Waals surface area contributed by atoms with E-state index in [0.717, 1.165) is 18.7 Å². The van der Waals surface area contributed by atoms with Gasteiger partial charge in [-0.05, 0) is 46.5 Å². The second-order valence-electron chi connectivity index (χ2n) is 4.41. The Hall–Kier alpha value is -0.990. The first kappa shape index (κ1) is 10.5. The smallest absolute Gasteiger partial charge is 0.236 e. The summed E-state index contributed by atoms with van der Waals surface area (Å²) in [4.78, 5) is 0. The summed E-state index contributed by atoms with van der Waals surface area (Å²) in [6.07, 6.45) is 4.86. The molecule has 84 valence electrons. The number of aromatic nitrogens is 2. The van der Waals surface area contributed by atoms with E-state index >= 15 is 0 Å². The summed E-state index contributed by atoms with van der Waals surface area (Å²) in [5, 5.41) is 4.58. The first-order valence-corrected chi connectivity index (χ1v) is 5.97. The quantitative estimate of drug-likeness (QED) is 0.763. The van der Waals surface area contributed by atoms with Crippen LogP contribution in [0.3, 0.4) is 0 Å². The highest BCUT2D eigenvalue weighted by Gasteiger charge is 2.22. The zero-order valence-electron chi connectivity index (χ0n) is 9.92. The van der Waals surface area contributed by atoms with Crippen molar-refractivity contribution in [2.24, 2.45) is 0 Å². The molecule has 0 radical (unpaired) electrons. The topological polar surface area (TPSA) is 27.1 Å². The Kier molecular flexibility index (Phi) is 2.98. The van der Waals surface area contributed by atoms with Crippen LogP contribution in [0.15, 0.2) is 0 Å². The van der Waals surface area contributed by atoms with E-state index in [9.17, 15) is 0 Å². The molecule has 0 unspecified atom stereocenters. The molecule has 0 amide bonds. The van der Waals surface area contributed by atoms with Crippen LogP contribution >= 0.6 is 0 Å². The van der Waals surface area contributed by atoms with Crippen LogP contribution < -0.4 is 4.74 Å². The minimum absolute atomic E-state index is 0.436. The lowest BCUT2D eigenvalue weighted by molar-refractivity contribution is 0.316. The van der Waals surface area contributed by atoms with Gasteiger partial charge < -0.3 is 4.74 Å². The molecule has 1 aliphatic carbocycles. The van der Waals surface area contributed by atoms with Gasteiger partial charge in [0.2, 0.25) is 5.88 Å². The summed E-state index contributed by atoms with van der Waals surface area (Å²) in [6, 6.07) is 0.436. The van der Waals surface area contributed by atoms with E-state index in [4.69, 9.17) is 4.74 Å². The fraction of sp³-hybridized carbons (Fsp3) is 0.750. The van der Waals surface area contributed by atoms with Crippen molar-refractivity contribution in [2.45, 2.75) is 52.5 Å². The summed E-state index contributed by atoms with van der Waals surface area (Å²) >= 11 is 0. The maximum absolute atomic E-state index is 5.60. The van der Waals surface area contributed by atoms with Gasteiger partial charge in [-0.25, -0.2) is 0 Å². The Balaban J connectivity index is 2.40. The lowest BCUT2D eigenvalue weighted by atomic mass is 9.97. The molecular formula is C12H20N2O. The van der Waals surface area contributed by atoms with Crippen LogP contribution in [0.1, 0.15) is 50.9 Å². The monoisotopic (exact) mass is 208 g/mol. The SMILES string of the molecule is CCOc1nn(C(C)C)c2c1CCCC2. The number of hydrogen-bond donors (Lipinski definition) is 0. The van der Waals surface area contributed by atoms with E-state index in [1.807, 2.05) is 6.92 Å². The van der Waals surface area contributed by atoms with Crippen molar-refractivity contribution in [2.75, 3.05) is 6.61 Å². The highest BCUT2D eigenvalue weighted by Crippen LogP contribution is 2.30. The summed E-state index contributed by atoms with van der Waals surface area (Å²) < 4.78 is 7.74. The van der Waals surface area contributed by atoms with E-state index in [2.05, 4.69) is 23.6 Å². The Morgan fingerprint density at radius 2 is 2.07 bits per heavy atom. The van der Waals surface area contributed by atoms with Gasteiger partial charge in [-0.3, -0.25) is 4.68 Å². The standard InChI is InChI=1S/C12H20N2O/c1-4-15-12-10-7-5-6-8-11(10)14(13-12)9(2)3/h9H,4-8H2,1-3H3. The van der Waals surface area contributed by atoms with Crippen molar-refractivity contribution in [3.8, 4) is 5.88 Å². The molecule has 0 spiro atoms. The molecule has 1 aliphatic rings. The van der Waals surface area contributed by atoms with Crippen LogP contribution in [0.25, 0.3) is 0 Å². The molecule has 3 heteroatoms. The van der Waals surface area contributed by atoms with Crippen LogP contribution in [0.2, 0.25) is 0 Å². The Morgan fingerprint density at radius 3 is 2.73 bits per heavy atom. The number of hydrogen-bond acceptors (Lipinski definition) is 2. The van der Waals surface area contributed by atoms with E-state index in [0.29, 0.717) is 12.6 Å². The molecule has 0 saturated heterocycles. The molecule has 0 aliphatic heterocycles. The van der Waals surface area contributed by atoms with Gasteiger partial charge in [0, 0.05) is 17.3 Å². The Labute approximate surface area is 91.4 Å². The molecule has 0 saturated carbocycles. The normalized spacial score (nSPS) is 15.5. The predicted molar refractivity (Wildman–Crippen MR) is 60.4 cm³/mol. The third kappa shape index (κ3) is 1.87. The second-order valence-corrected chi connectivity index (χ2v) is 4.41. The van der Waals surface area contributed by atoms with Gasteiger partial charge >= 0.3 is 0 Å². The number of rotatable bonds is 3. The molecule has 1 aromatic rings. The largest absolute Gasteiger partial charge is 0.477 e. The van der Waals surface area contributed by atoms with Crippen molar-refractivity contribution in [1.82, 2.24) is 9.78 Å². The van der Waals surface area contributed by atoms with Crippen LogP contribution in [0.5, 0.6) is 5.88 Å². The highest BCUT2D eigenvalue weighted by atomic mass is 16.5. The van der Waals surface area contributed by atoms with Gasteiger partial charge in [-0.2, -0.15) is 0 Å². The molecule has 15 heavy (non-hydrogen) atoms. The van der Waals surface area contributed by atoms with Crippen molar-refractivity contribution in [3.05, 3.63) is 11.3 Å². The fourth-order valence-corrected chi connectivity index (χ4v) is 2.27. The van der Waals surface area contributed by atoms with Crippen molar-refractivity contribution in [1.29, 1.82) is 0 Å². The van der Waals surface area contributed by atoms with Crippen molar-refractivity contribution < 1.29 is 4.74 Å². The second kappa shape index (κ2) is 4.25. The molecular weight excluding hydrogens is 188 g/mol. The molecule has 0 atom stereocenters. The number of nitrogens with zero attached hydrogens (tertiary/aromatic N) is 2. The lowest BCUT2D eigenvalue weighted by Crippen LogP contribution is -2.11. The number of fused-ring (bicyclic) bond motifs is 1. The van der Waals surface area contributed by atoms with E-state index < -0.39 is 0 Å². The van der Waals surface area contributed by atoms with Crippen molar-refractivity contribution >= 4 is 0 Å². The molecule has 3 nitrogen and oxygen atoms in total. The van der Waals surface area contributed by atoms with Gasteiger partial charge in [-0.1, -0.05) is 0 Å². The first-order chi connectivity index (χ1) is 7.24. The first-order valence-electron chi connectivity index (χ1n) is 5.97. The summed E-state index contributed by atoms with van der Waals surface area (Å²) in [7, 11) is 0. The molecule has 0 aromatic carbocycles. The molecule has 0 bridgehead atoms. The van der Waals surface area contributed by atoms with Gasteiger partial charge in [0.25, 0.3) is 0 Å². The molecule has 1 aromatic heterocycles. The zero-order chi connectivity index (χ0) is 10.8. The Morgan fingerprint density at radius 1 is 1.33 bits per heavy atom. The average molecular weight is 208 g/mol. The van der Waals surface area contributed by atoms with Gasteiger partial charge in [0.1, 0.15) is 0 Å². The number of ether oxygens (including phenoxy) is 1. The van der Waals surface area contributed by atoms with E-state index in [1.54, 1.807) is 0 Å². The van der Waals surface area contributed by atoms with Crippen LogP contribution in [0, 0.1) is 0 Å². The average Bonchev–Trinajstić information content (AvgIpc) is 2.59. The van der Waals surface area contributed by atoms with E-state index in [1.165, 1.54) is 24.1 Å². The molecule has 0 N–H and O–H groups in total. The molecule has 1 heterocycles. The lowest BCUT2D eigenvalue weighted by Gasteiger charge is -2.15. The van der Waals surface area contributed by atoms with E-state index in [-0.39, 0.29) is 0 Å². The van der Waals surface area contributed by atoms with Crippen LogP contribution in [-0.2, 0) is 12.8 Å². The summed E-state index contributed by atoms with van der Waals surface area (Å²) in [5.41, 5.74) is 2.76. The van der Waals surface area contributed by atoms with Crippen LogP contribution in [-0.4, -0.2) is 16.4 Å². The molecule has 2 rings (SSSR count).